The maximum atomic E-state index is 12.3. The van der Waals surface area contributed by atoms with Gasteiger partial charge in [0.05, 0.1) is 5.75 Å². The van der Waals surface area contributed by atoms with Gasteiger partial charge in [0.1, 0.15) is 5.75 Å². The number of halogens is 1. The van der Waals surface area contributed by atoms with Crippen molar-refractivity contribution < 1.29 is 9.53 Å². The summed E-state index contributed by atoms with van der Waals surface area (Å²) in [7, 11) is 0. The maximum Gasteiger partial charge on any atom is 0.230 e. The summed E-state index contributed by atoms with van der Waals surface area (Å²) in [6, 6.07) is 7.99. The van der Waals surface area contributed by atoms with Crippen molar-refractivity contribution in [3.05, 3.63) is 47.2 Å². The number of amides is 1. The van der Waals surface area contributed by atoms with E-state index in [0.29, 0.717) is 29.3 Å². The second kappa shape index (κ2) is 10.8. The van der Waals surface area contributed by atoms with Crippen LogP contribution in [0, 0.1) is 0 Å². The fraction of sp³-hybridized carbons (Fsp3) is 0.476. The molecule has 1 unspecified atom stereocenters. The van der Waals surface area contributed by atoms with Gasteiger partial charge in [-0.25, -0.2) is 0 Å². The lowest BCUT2D eigenvalue weighted by molar-refractivity contribution is -0.119. The second-order valence-electron chi connectivity index (χ2n) is 7.15. The Hall–Kier alpha value is -1.80. The topological polar surface area (TPSA) is 69.0 Å². The van der Waals surface area contributed by atoms with Gasteiger partial charge in [-0.2, -0.15) is 0 Å². The molecule has 0 radical (unpaired) electrons. The lowest BCUT2D eigenvalue weighted by atomic mass is 9.95. The third-order valence-corrected chi connectivity index (χ3v) is 6.35. The van der Waals surface area contributed by atoms with Crippen LogP contribution in [-0.4, -0.2) is 32.5 Å². The maximum absolute atomic E-state index is 12.3. The van der Waals surface area contributed by atoms with Gasteiger partial charge < -0.3 is 10.1 Å². The van der Waals surface area contributed by atoms with Gasteiger partial charge in [-0.3, -0.25) is 9.36 Å². The van der Waals surface area contributed by atoms with E-state index in [1.165, 1.54) is 31.0 Å². The fourth-order valence-electron chi connectivity index (χ4n) is 3.42. The Morgan fingerprint density at radius 3 is 2.76 bits per heavy atom. The lowest BCUT2D eigenvalue weighted by Gasteiger charge is -2.22. The van der Waals surface area contributed by atoms with Gasteiger partial charge in [0.2, 0.25) is 5.91 Å². The molecule has 156 valence electrons. The summed E-state index contributed by atoms with van der Waals surface area (Å²) in [5.41, 5.74) is 0. The zero-order chi connectivity index (χ0) is 20.6. The Morgan fingerprint density at radius 1 is 1.34 bits per heavy atom. The molecule has 0 spiro atoms. The molecule has 1 saturated carbocycles. The van der Waals surface area contributed by atoms with Crippen LogP contribution in [0.5, 0.6) is 5.75 Å². The third kappa shape index (κ3) is 6.34. The first-order chi connectivity index (χ1) is 14.1. The predicted molar refractivity (Wildman–Crippen MR) is 119 cm³/mol. The summed E-state index contributed by atoms with van der Waals surface area (Å²) in [6.07, 6.45) is 7.35. The second-order valence-corrected chi connectivity index (χ2v) is 9.00. The smallest absolute Gasteiger partial charge is 0.230 e. The summed E-state index contributed by atoms with van der Waals surface area (Å²) in [6.45, 7) is 6.33. The number of allylic oxidation sites excluding steroid dienone is 1. The number of carbonyl (C=O) groups is 1. The van der Waals surface area contributed by atoms with E-state index in [1.807, 2.05) is 35.8 Å². The first-order valence-electron chi connectivity index (χ1n) is 9.95. The van der Waals surface area contributed by atoms with Crippen LogP contribution in [0.2, 0.25) is 0 Å². The molecule has 1 atom stereocenters. The Labute approximate surface area is 184 Å². The molecule has 1 N–H and O–H groups in total. The van der Waals surface area contributed by atoms with Gasteiger partial charge in [-0.15, -0.1) is 16.8 Å². The molecule has 1 fully saturated rings. The standard InChI is InChI=1S/C21H27BrN4O2S/c1-3-13-26-20(15(2)28-18-11-9-16(22)10-12-18)24-25-21(26)29-14-19(27)23-17-7-5-4-6-8-17/h3,9-12,15,17H,1,4-8,13-14H2,2H3,(H,23,27). The van der Waals surface area contributed by atoms with E-state index in [-0.39, 0.29) is 12.0 Å². The highest BCUT2D eigenvalue weighted by atomic mass is 79.9. The van der Waals surface area contributed by atoms with Gasteiger partial charge >= 0.3 is 0 Å². The Morgan fingerprint density at radius 2 is 2.07 bits per heavy atom. The molecule has 1 heterocycles. The number of thioether (sulfide) groups is 1. The Bertz CT molecular complexity index is 819. The Balaban J connectivity index is 1.61. The summed E-state index contributed by atoms with van der Waals surface area (Å²) < 4.78 is 8.97. The molecule has 8 heteroatoms. The van der Waals surface area contributed by atoms with Gasteiger partial charge in [-0.1, -0.05) is 53.0 Å². The number of benzene rings is 1. The molecule has 6 nitrogen and oxygen atoms in total. The number of aromatic nitrogens is 3. The van der Waals surface area contributed by atoms with Crippen molar-refractivity contribution >= 4 is 33.6 Å². The van der Waals surface area contributed by atoms with E-state index >= 15 is 0 Å². The minimum atomic E-state index is -0.283. The molecule has 2 aromatic rings. The summed E-state index contributed by atoms with van der Waals surface area (Å²) in [5.74, 6) is 1.85. The van der Waals surface area contributed by atoms with Crippen LogP contribution >= 0.6 is 27.7 Å². The van der Waals surface area contributed by atoms with Crippen LogP contribution in [0.4, 0.5) is 0 Å². The highest BCUT2D eigenvalue weighted by Gasteiger charge is 2.21. The molecule has 29 heavy (non-hydrogen) atoms. The van der Waals surface area contributed by atoms with Crippen LogP contribution in [0.1, 0.15) is 51.0 Å². The van der Waals surface area contributed by atoms with Crippen molar-refractivity contribution in [2.24, 2.45) is 0 Å². The van der Waals surface area contributed by atoms with Crippen molar-refractivity contribution in [2.45, 2.75) is 62.9 Å². The van der Waals surface area contributed by atoms with Gasteiger partial charge in [0.15, 0.2) is 17.1 Å². The number of hydrogen-bond donors (Lipinski definition) is 1. The molecule has 1 aromatic heterocycles. The molecule has 0 aliphatic heterocycles. The molecular formula is C21H27BrN4O2S. The van der Waals surface area contributed by atoms with Gasteiger partial charge in [0, 0.05) is 17.1 Å². The van der Waals surface area contributed by atoms with Crippen molar-refractivity contribution in [3.8, 4) is 5.75 Å². The van der Waals surface area contributed by atoms with Crippen molar-refractivity contribution in [1.82, 2.24) is 20.1 Å². The minimum absolute atomic E-state index is 0.0516. The molecule has 0 saturated heterocycles. The number of rotatable bonds is 9. The van der Waals surface area contributed by atoms with Gasteiger partial charge in [0.25, 0.3) is 0 Å². The van der Waals surface area contributed by atoms with Gasteiger partial charge in [-0.05, 0) is 44.0 Å². The van der Waals surface area contributed by atoms with Crippen molar-refractivity contribution in [2.75, 3.05) is 5.75 Å². The molecule has 3 rings (SSSR count). The van der Waals surface area contributed by atoms with E-state index in [1.54, 1.807) is 6.08 Å². The van der Waals surface area contributed by atoms with Crippen LogP contribution in [-0.2, 0) is 11.3 Å². The summed E-state index contributed by atoms with van der Waals surface area (Å²) >= 11 is 4.82. The van der Waals surface area contributed by atoms with Crippen molar-refractivity contribution in [1.29, 1.82) is 0 Å². The zero-order valence-corrected chi connectivity index (χ0v) is 19.0. The first kappa shape index (κ1) is 21.9. The zero-order valence-electron chi connectivity index (χ0n) is 16.6. The van der Waals surface area contributed by atoms with E-state index in [0.717, 1.165) is 23.1 Å². The van der Waals surface area contributed by atoms with Crippen LogP contribution < -0.4 is 10.1 Å². The number of hydrogen-bond acceptors (Lipinski definition) is 5. The van der Waals surface area contributed by atoms with E-state index < -0.39 is 0 Å². The molecule has 1 amide bonds. The predicted octanol–water partition coefficient (Wildman–Crippen LogP) is 4.91. The SMILES string of the molecule is C=CCn1c(SCC(=O)NC2CCCCC2)nnc1C(C)Oc1ccc(Br)cc1. The summed E-state index contributed by atoms with van der Waals surface area (Å²) in [5, 5.41) is 12.5. The van der Waals surface area contributed by atoms with Crippen LogP contribution in [0.3, 0.4) is 0 Å². The minimum Gasteiger partial charge on any atom is -0.483 e. The molecule has 1 aliphatic rings. The van der Waals surface area contributed by atoms with E-state index in [2.05, 4.69) is 38.0 Å². The molecule has 0 bridgehead atoms. The first-order valence-corrected chi connectivity index (χ1v) is 11.7. The third-order valence-electron chi connectivity index (χ3n) is 4.85. The average Bonchev–Trinajstić information content (AvgIpc) is 3.12. The highest BCUT2D eigenvalue weighted by molar-refractivity contribution is 9.10. The van der Waals surface area contributed by atoms with E-state index in [4.69, 9.17) is 4.74 Å². The quantitative estimate of drug-likeness (QED) is 0.409. The summed E-state index contributed by atoms with van der Waals surface area (Å²) in [4.78, 5) is 12.3. The monoisotopic (exact) mass is 478 g/mol. The fourth-order valence-corrected chi connectivity index (χ4v) is 4.45. The number of ether oxygens (including phenoxy) is 1. The average molecular weight is 479 g/mol. The largest absolute Gasteiger partial charge is 0.483 e. The highest BCUT2D eigenvalue weighted by Crippen LogP contribution is 2.26. The molecule has 1 aliphatic carbocycles. The molecular weight excluding hydrogens is 452 g/mol. The van der Waals surface area contributed by atoms with Crippen LogP contribution in [0.25, 0.3) is 0 Å². The number of carbonyl (C=O) groups excluding carboxylic acids is 1. The molecule has 1 aromatic carbocycles. The van der Waals surface area contributed by atoms with E-state index in [9.17, 15) is 4.79 Å². The van der Waals surface area contributed by atoms with Crippen LogP contribution in [0.15, 0.2) is 46.5 Å². The lowest BCUT2D eigenvalue weighted by Crippen LogP contribution is -2.37. The van der Waals surface area contributed by atoms with Crippen molar-refractivity contribution in [3.63, 3.8) is 0 Å². The number of nitrogens with one attached hydrogen (secondary N) is 1. The normalized spacial score (nSPS) is 15.7. The Kier molecular flexibility index (Phi) is 8.18. The number of nitrogens with zero attached hydrogens (tertiary/aromatic N) is 3.